The zero-order valence-electron chi connectivity index (χ0n) is 15.4. The molecule has 2 aromatic carbocycles. The lowest BCUT2D eigenvalue weighted by Crippen LogP contribution is -2.52. The molecule has 0 radical (unpaired) electrons. The first-order chi connectivity index (χ1) is 12.7. The Morgan fingerprint density at radius 2 is 1.78 bits per heavy atom. The van der Waals surface area contributed by atoms with Crippen molar-refractivity contribution >= 4 is 29.9 Å². The lowest BCUT2D eigenvalue weighted by Gasteiger charge is -2.36. The van der Waals surface area contributed by atoms with Crippen LogP contribution < -0.4 is 5.32 Å². The number of piperazine rings is 1. The molecule has 7 heteroatoms. The first-order valence-corrected chi connectivity index (χ1v) is 8.85. The Bertz CT molecular complexity index is 749. The zero-order chi connectivity index (χ0) is 18.4. The molecule has 0 spiro atoms. The average molecular weight is 484 g/mol. The maximum atomic E-state index is 13.4. The number of guanidine groups is 1. The van der Waals surface area contributed by atoms with Crippen LogP contribution >= 0.6 is 24.0 Å². The molecule has 1 saturated heterocycles. The van der Waals surface area contributed by atoms with E-state index in [0.717, 1.165) is 44.2 Å². The van der Waals surface area contributed by atoms with E-state index in [1.165, 1.54) is 17.7 Å². The Labute approximate surface area is 176 Å². The fourth-order valence-electron chi connectivity index (χ4n) is 3.13. The van der Waals surface area contributed by atoms with Gasteiger partial charge < -0.3 is 15.3 Å². The van der Waals surface area contributed by atoms with Gasteiger partial charge in [-0.15, -0.1) is 24.0 Å². The molecule has 146 valence electrons. The molecule has 0 amide bonds. The number of benzene rings is 2. The Kier molecular flexibility index (Phi) is 8.30. The summed E-state index contributed by atoms with van der Waals surface area (Å²) >= 11 is 0. The molecule has 3 rings (SSSR count). The fraction of sp³-hybridized carbons (Fsp3) is 0.350. The van der Waals surface area contributed by atoms with Crippen LogP contribution in [0.15, 0.2) is 53.5 Å². The average Bonchev–Trinajstić information content (AvgIpc) is 2.67. The van der Waals surface area contributed by atoms with Crippen molar-refractivity contribution in [3.05, 3.63) is 65.5 Å². The van der Waals surface area contributed by atoms with Crippen molar-refractivity contribution in [2.75, 3.05) is 33.2 Å². The van der Waals surface area contributed by atoms with Crippen LogP contribution in [0.1, 0.15) is 11.1 Å². The molecule has 0 atom stereocenters. The van der Waals surface area contributed by atoms with E-state index in [1.807, 2.05) is 6.07 Å². The van der Waals surface area contributed by atoms with E-state index in [4.69, 9.17) is 0 Å². The second kappa shape index (κ2) is 10.5. The quantitative estimate of drug-likeness (QED) is 0.398. The topological polar surface area (TPSA) is 51.1 Å². The van der Waals surface area contributed by atoms with Crippen LogP contribution in [0.2, 0.25) is 0 Å². The summed E-state index contributed by atoms with van der Waals surface area (Å²) in [6, 6.07) is 14.9. The van der Waals surface area contributed by atoms with Crippen molar-refractivity contribution in [1.29, 1.82) is 0 Å². The summed E-state index contributed by atoms with van der Waals surface area (Å²) in [5.41, 5.74) is 2.10. The molecule has 2 N–H and O–H groups in total. The summed E-state index contributed by atoms with van der Waals surface area (Å²) in [6.07, 6.45) is 0. The number of aliphatic imine (C=N–C) groups is 1. The number of nitrogens with zero attached hydrogens (tertiary/aromatic N) is 3. The third-order valence-corrected chi connectivity index (χ3v) is 4.60. The molecule has 0 aliphatic carbocycles. The number of halogens is 2. The zero-order valence-corrected chi connectivity index (χ0v) is 17.8. The van der Waals surface area contributed by atoms with Crippen molar-refractivity contribution in [2.45, 2.75) is 13.1 Å². The second-order valence-corrected chi connectivity index (χ2v) is 6.44. The maximum absolute atomic E-state index is 13.4. The van der Waals surface area contributed by atoms with Gasteiger partial charge in [0.2, 0.25) is 0 Å². The van der Waals surface area contributed by atoms with Gasteiger partial charge in [-0.25, -0.2) is 4.39 Å². The number of hydrogen-bond acceptors (Lipinski definition) is 3. The van der Waals surface area contributed by atoms with Crippen molar-refractivity contribution in [3.8, 4) is 5.75 Å². The molecule has 1 aliphatic heterocycles. The summed E-state index contributed by atoms with van der Waals surface area (Å²) in [6.45, 7) is 5.18. The van der Waals surface area contributed by atoms with Crippen molar-refractivity contribution < 1.29 is 9.50 Å². The first kappa shape index (κ1) is 21.4. The van der Waals surface area contributed by atoms with Gasteiger partial charge in [0, 0.05) is 46.3 Å². The third kappa shape index (κ3) is 6.07. The molecule has 1 heterocycles. The normalized spacial score (nSPS) is 15.3. The number of phenolic OH excluding ortho intramolecular Hbond substituents is 1. The Balaban J connectivity index is 0.00000261. The first-order valence-electron chi connectivity index (χ1n) is 8.85. The minimum Gasteiger partial charge on any atom is -0.505 e. The highest BCUT2D eigenvalue weighted by atomic mass is 127. The number of rotatable bonds is 4. The highest BCUT2D eigenvalue weighted by Crippen LogP contribution is 2.16. The molecular formula is C20H26FIN4O. The Morgan fingerprint density at radius 1 is 1.07 bits per heavy atom. The van der Waals surface area contributed by atoms with Gasteiger partial charge in [-0.3, -0.25) is 9.89 Å². The van der Waals surface area contributed by atoms with Gasteiger partial charge in [0.15, 0.2) is 17.5 Å². The molecule has 0 unspecified atom stereocenters. The highest BCUT2D eigenvalue weighted by Gasteiger charge is 2.19. The lowest BCUT2D eigenvalue weighted by molar-refractivity contribution is 0.172. The summed E-state index contributed by atoms with van der Waals surface area (Å²) in [5.74, 6) is -0.112. The molecule has 1 aliphatic rings. The number of hydrogen-bond donors (Lipinski definition) is 2. The smallest absolute Gasteiger partial charge is 0.194 e. The molecule has 27 heavy (non-hydrogen) atoms. The predicted molar refractivity (Wildman–Crippen MR) is 117 cm³/mol. The minimum atomic E-state index is -0.603. The molecule has 0 bridgehead atoms. The van der Waals surface area contributed by atoms with Gasteiger partial charge in [-0.1, -0.05) is 36.4 Å². The second-order valence-electron chi connectivity index (χ2n) is 6.44. The van der Waals surface area contributed by atoms with E-state index in [1.54, 1.807) is 13.1 Å². The van der Waals surface area contributed by atoms with Crippen LogP contribution in [-0.4, -0.2) is 54.1 Å². The molecule has 1 fully saturated rings. The molecule has 0 aromatic heterocycles. The minimum absolute atomic E-state index is 0. The highest BCUT2D eigenvalue weighted by molar-refractivity contribution is 14.0. The third-order valence-electron chi connectivity index (χ3n) is 4.60. The molecular weight excluding hydrogens is 458 g/mol. The predicted octanol–water partition coefficient (Wildman–Crippen LogP) is 3.04. The van der Waals surface area contributed by atoms with E-state index in [0.29, 0.717) is 6.54 Å². The van der Waals surface area contributed by atoms with Crippen LogP contribution in [0.4, 0.5) is 4.39 Å². The van der Waals surface area contributed by atoms with Gasteiger partial charge in [-0.05, 0) is 23.3 Å². The fourth-order valence-corrected chi connectivity index (χ4v) is 3.13. The standard InChI is InChI=1S/C20H25FN4O.HI/c1-22-20(23-14-17-7-8-19(26)18(21)13-17)25-11-9-24(10-12-25)15-16-5-3-2-4-6-16;/h2-8,13,26H,9-12,14-15H2,1H3,(H,22,23);1H. The summed E-state index contributed by atoms with van der Waals surface area (Å²) in [7, 11) is 1.76. The van der Waals surface area contributed by atoms with E-state index in [2.05, 4.69) is 44.4 Å². The lowest BCUT2D eigenvalue weighted by atomic mass is 10.2. The van der Waals surface area contributed by atoms with Crippen molar-refractivity contribution in [2.24, 2.45) is 4.99 Å². The van der Waals surface area contributed by atoms with Crippen LogP contribution in [-0.2, 0) is 13.1 Å². The number of aromatic hydroxyl groups is 1. The van der Waals surface area contributed by atoms with Crippen LogP contribution in [0.3, 0.4) is 0 Å². The summed E-state index contributed by atoms with van der Waals surface area (Å²) in [5, 5.41) is 12.5. The van der Waals surface area contributed by atoms with E-state index < -0.39 is 5.82 Å². The number of nitrogens with one attached hydrogen (secondary N) is 1. The summed E-state index contributed by atoms with van der Waals surface area (Å²) in [4.78, 5) is 9.01. The van der Waals surface area contributed by atoms with Crippen LogP contribution in [0.5, 0.6) is 5.75 Å². The van der Waals surface area contributed by atoms with Crippen molar-refractivity contribution in [1.82, 2.24) is 15.1 Å². The summed E-state index contributed by atoms with van der Waals surface area (Å²) < 4.78 is 13.4. The van der Waals surface area contributed by atoms with Crippen LogP contribution in [0.25, 0.3) is 0 Å². The molecule has 5 nitrogen and oxygen atoms in total. The van der Waals surface area contributed by atoms with Gasteiger partial charge in [0.25, 0.3) is 0 Å². The monoisotopic (exact) mass is 484 g/mol. The number of phenols is 1. The van der Waals surface area contributed by atoms with Crippen molar-refractivity contribution in [3.63, 3.8) is 0 Å². The molecule has 0 saturated carbocycles. The van der Waals surface area contributed by atoms with Gasteiger partial charge in [0.05, 0.1) is 0 Å². The van der Waals surface area contributed by atoms with Crippen LogP contribution in [0, 0.1) is 5.82 Å². The molecule has 2 aromatic rings. The van der Waals surface area contributed by atoms with Gasteiger partial charge >= 0.3 is 0 Å². The van der Waals surface area contributed by atoms with Gasteiger partial charge in [-0.2, -0.15) is 0 Å². The SMILES string of the molecule is CN=C(NCc1ccc(O)c(F)c1)N1CCN(Cc2ccccc2)CC1.I. The van der Waals surface area contributed by atoms with Gasteiger partial charge in [0.1, 0.15) is 0 Å². The van der Waals surface area contributed by atoms with E-state index in [-0.39, 0.29) is 29.7 Å². The Morgan fingerprint density at radius 3 is 2.41 bits per heavy atom. The Hall–Kier alpha value is -1.87. The van der Waals surface area contributed by atoms with E-state index in [9.17, 15) is 9.50 Å². The van der Waals surface area contributed by atoms with E-state index >= 15 is 0 Å². The maximum Gasteiger partial charge on any atom is 0.194 e. The largest absolute Gasteiger partial charge is 0.505 e.